The highest BCUT2D eigenvalue weighted by molar-refractivity contribution is 7.92. The molecule has 3 heteroatoms. The Kier molecular flexibility index (Phi) is 2.73. The molecule has 0 aliphatic carbocycles. The minimum Gasteiger partial charge on any atom is -0.218 e. The molecule has 1 heterocycles. The van der Waals surface area contributed by atoms with Crippen molar-refractivity contribution in [1.29, 1.82) is 0 Å². The summed E-state index contributed by atoms with van der Waals surface area (Å²) < 4.78 is 25.9. The second kappa shape index (κ2) is 4.43. The van der Waals surface area contributed by atoms with Gasteiger partial charge < -0.3 is 0 Å². The number of rotatable bonds is 1. The summed E-state index contributed by atoms with van der Waals surface area (Å²) in [6.07, 6.45) is 0.818. The lowest BCUT2D eigenvalue weighted by molar-refractivity contribution is 0.598. The molecule has 0 aromatic heterocycles. The van der Waals surface area contributed by atoms with Gasteiger partial charge in [-0.3, -0.25) is 0 Å². The molecule has 1 aliphatic rings. The summed E-state index contributed by atoms with van der Waals surface area (Å²) in [5.74, 6) is 0. The van der Waals surface area contributed by atoms with Crippen LogP contribution in [0.25, 0.3) is 21.9 Å². The van der Waals surface area contributed by atoms with Crippen molar-refractivity contribution in [1.82, 2.24) is 0 Å². The molecule has 0 bridgehead atoms. The molecule has 1 aliphatic heterocycles. The summed E-state index contributed by atoms with van der Waals surface area (Å²) in [5.41, 5.74) is 3.75. The van der Waals surface area contributed by atoms with Gasteiger partial charge in [-0.05, 0) is 47.4 Å². The first-order valence-electron chi connectivity index (χ1n) is 7.44. The van der Waals surface area contributed by atoms with Crippen LogP contribution < -0.4 is 0 Å². The highest BCUT2D eigenvalue weighted by atomic mass is 32.2. The Morgan fingerprint density at radius 3 is 2.36 bits per heavy atom. The maximum atomic E-state index is 12.9. The monoisotopic (exact) mass is 308 g/mol. The van der Waals surface area contributed by atoms with Crippen molar-refractivity contribution in [2.24, 2.45) is 0 Å². The molecule has 3 aromatic carbocycles. The van der Waals surface area contributed by atoms with E-state index in [9.17, 15) is 8.42 Å². The number of benzene rings is 3. The summed E-state index contributed by atoms with van der Waals surface area (Å²) in [6.45, 7) is 3.99. The minimum absolute atomic E-state index is 0.445. The highest BCUT2D eigenvalue weighted by Gasteiger charge is 2.34. The van der Waals surface area contributed by atoms with Crippen LogP contribution in [-0.4, -0.2) is 8.42 Å². The van der Waals surface area contributed by atoms with E-state index in [2.05, 4.69) is 13.0 Å². The third-order valence-electron chi connectivity index (χ3n) is 4.46. The average molecular weight is 308 g/mol. The molecule has 0 N–H and O–H groups in total. The zero-order chi connectivity index (χ0) is 15.5. The molecule has 4 rings (SSSR count). The number of hydrogen-bond donors (Lipinski definition) is 0. The third-order valence-corrected chi connectivity index (χ3v) is 6.28. The molecule has 0 atom stereocenters. The zero-order valence-electron chi connectivity index (χ0n) is 12.6. The highest BCUT2D eigenvalue weighted by Crippen LogP contribution is 2.47. The Bertz CT molecular complexity index is 1030. The van der Waals surface area contributed by atoms with Gasteiger partial charge in [0.1, 0.15) is 0 Å². The van der Waals surface area contributed by atoms with Gasteiger partial charge in [-0.1, -0.05) is 43.3 Å². The van der Waals surface area contributed by atoms with Crippen molar-refractivity contribution in [3.05, 3.63) is 59.7 Å². The van der Waals surface area contributed by atoms with Crippen molar-refractivity contribution >= 4 is 20.6 Å². The summed E-state index contributed by atoms with van der Waals surface area (Å²) in [6, 6.07) is 15.6. The predicted octanol–water partition coefficient (Wildman–Crippen LogP) is 4.52. The summed E-state index contributed by atoms with van der Waals surface area (Å²) in [7, 11) is -3.41. The van der Waals surface area contributed by atoms with E-state index in [-0.39, 0.29) is 0 Å². The molecule has 0 unspecified atom stereocenters. The van der Waals surface area contributed by atoms with Crippen LogP contribution in [0.3, 0.4) is 0 Å². The van der Waals surface area contributed by atoms with Gasteiger partial charge in [-0.2, -0.15) is 0 Å². The Balaban J connectivity index is 2.25. The van der Waals surface area contributed by atoms with Crippen LogP contribution in [0.2, 0.25) is 0 Å². The molecule has 3 aromatic rings. The van der Waals surface area contributed by atoms with Crippen molar-refractivity contribution in [3.63, 3.8) is 0 Å². The van der Waals surface area contributed by atoms with Crippen molar-refractivity contribution in [2.75, 3.05) is 0 Å². The second-order valence-electron chi connectivity index (χ2n) is 5.81. The van der Waals surface area contributed by atoms with E-state index in [0.29, 0.717) is 9.79 Å². The maximum absolute atomic E-state index is 12.9. The molecule has 2 nitrogen and oxygen atoms in total. The Morgan fingerprint density at radius 1 is 0.909 bits per heavy atom. The normalized spacial score (nSPS) is 14.8. The van der Waals surface area contributed by atoms with Crippen molar-refractivity contribution in [3.8, 4) is 11.1 Å². The fourth-order valence-corrected chi connectivity index (χ4v) is 5.20. The lowest BCUT2D eigenvalue weighted by Crippen LogP contribution is -1.98. The fourth-order valence-electron chi connectivity index (χ4n) is 3.38. The Labute approximate surface area is 130 Å². The first kappa shape index (κ1) is 13.5. The molecular weight excluding hydrogens is 292 g/mol. The van der Waals surface area contributed by atoms with E-state index >= 15 is 0 Å². The molecule has 0 radical (unpaired) electrons. The summed E-state index contributed by atoms with van der Waals surface area (Å²) >= 11 is 0. The molecule has 0 saturated carbocycles. The fraction of sp³-hybridized carbons (Fsp3) is 0.158. The van der Waals surface area contributed by atoms with Crippen LogP contribution in [0.4, 0.5) is 0 Å². The third kappa shape index (κ3) is 1.63. The van der Waals surface area contributed by atoms with Crippen LogP contribution in [0.1, 0.15) is 18.1 Å². The molecule has 22 heavy (non-hydrogen) atoms. The standard InChI is InChI=1S/C19H16O2S/c1-3-13-11-18-19(15-7-5-4-6-14(13)15)16-9-8-12(2)10-17(16)22(18,20)21/h4-11H,3H2,1-2H3. The van der Waals surface area contributed by atoms with Crippen LogP contribution in [0, 0.1) is 6.92 Å². The number of hydrogen-bond acceptors (Lipinski definition) is 2. The smallest absolute Gasteiger partial charge is 0.207 e. The zero-order valence-corrected chi connectivity index (χ0v) is 13.4. The van der Waals surface area contributed by atoms with Gasteiger partial charge in [0.05, 0.1) is 9.79 Å². The van der Waals surface area contributed by atoms with Crippen molar-refractivity contribution in [2.45, 2.75) is 30.1 Å². The van der Waals surface area contributed by atoms with E-state index in [0.717, 1.165) is 39.4 Å². The summed E-state index contributed by atoms with van der Waals surface area (Å²) in [5, 5.41) is 2.18. The topological polar surface area (TPSA) is 34.1 Å². The molecule has 0 amide bonds. The largest absolute Gasteiger partial charge is 0.218 e. The van der Waals surface area contributed by atoms with E-state index in [1.165, 1.54) is 0 Å². The van der Waals surface area contributed by atoms with E-state index in [4.69, 9.17) is 0 Å². The number of fused-ring (bicyclic) bond motifs is 5. The average Bonchev–Trinajstić information content (AvgIpc) is 2.74. The second-order valence-corrected chi connectivity index (χ2v) is 7.70. The van der Waals surface area contributed by atoms with Crippen molar-refractivity contribution < 1.29 is 8.42 Å². The lowest BCUT2D eigenvalue weighted by Gasteiger charge is -2.10. The first-order chi connectivity index (χ1) is 10.5. The SMILES string of the molecule is CCc1cc2c(c3ccccc13)-c1ccc(C)cc1S2(=O)=O. The first-order valence-corrected chi connectivity index (χ1v) is 8.93. The predicted molar refractivity (Wildman–Crippen MR) is 89.0 cm³/mol. The molecule has 110 valence electrons. The van der Waals surface area contributed by atoms with Gasteiger partial charge in [0.15, 0.2) is 0 Å². The minimum atomic E-state index is -3.41. The molecule has 0 saturated heterocycles. The van der Waals surface area contributed by atoms with Gasteiger partial charge in [0, 0.05) is 11.1 Å². The van der Waals surface area contributed by atoms with Gasteiger partial charge >= 0.3 is 0 Å². The Morgan fingerprint density at radius 2 is 1.64 bits per heavy atom. The van der Waals surface area contributed by atoms with Crippen LogP contribution >= 0.6 is 0 Å². The Hall–Kier alpha value is -2.13. The van der Waals surface area contributed by atoms with Gasteiger partial charge in [0.25, 0.3) is 0 Å². The van der Waals surface area contributed by atoms with E-state index in [1.807, 2.05) is 43.3 Å². The number of aryl methyl sites for hydroxylation is 2. The lowest BCUT2D eigenvalue weighted by atomic mass is 9.94. The van der Waals surface area contributed by atoms with E-state index in [1.54, 1.807) is 6.07 Å². The van der Waals surface area contributed by atoms with Crippen LogP contribution in [-0.2, 0) is 16.3 Å². The number of sulfone groups is 1. The quantitative estimate of drug-likeness (QED) is 0.518. The molecule has 0 spiro atoms. The van der Waals surface area contributed by atoms with E-state index < -0.39 is 9.84 Å². The maximum Gasteiger partial charge on any atom is 0.207 e. The van der Waals surface area contributed by atoms with Gasteiger partial charge in [0.2, 0.25) is 9.84 Å². The van der Waals surface area contributed by atoms with Gasteiger partial charge in [-0.25, -0.2) is 8.42 Å². The molecule has 0 fully saturated rings. The summed E-state index contributed by atoms with van der Waals surface area (Å²) in [4.78, 5) is 0.907. The van der Waals surface area contributed by atoms with Gasteiger partial charge in [-0.15, -0.1) is 0 Å². The molecular formula is C19H16O2S. The van der Waals surface area contributed by atoms with Crippen LogP contribution in [0.5, 0.6) is 0 Å². The van der Waals surface area contributed by atoms with Crippen LogP contribution in [0.15, 0.2) is 58.3 Å².